The molecule has 0 spiro atoms. The van der Waals surface area contributed by atoms with Crippen LogP contribution < -0.4 is 5.56 Å². The second-order valence-electron chi connectivity index (χ2n) is 6.23. The van der Waals surface area contributed by atoms with Crippen molar-refractivity contribution < 1.29 is 4.79 Å². The molecule has 1 aromatic carbocycles. The Morgan fingerprint density at radius 3 is 2.81 bits per heavy atom. The fourth-order valence-corrected chi connectivity index (χ4v) is 4.25. The van der Waals surface area contributed by atoms with E-state index in [-0.39, 0.29) is 18.0 Å². The van der Waals surface area contributed by atoms with Crippen LogP contribution in [-0.4, -0.2) is 31.7 Å². The number of thiazole rings is 1. The first-order chi connectivity index (χ1) is 12.7. The Bertz CT molecular complexity index is 1190. The number of benzene rings is 1. The molecule has 0 bridgehead atoms. The summed E-state index contributed by atoms with van der Waals surface area (Å²) in [6.07, 6.45) is 2.28. The Balaban J connectivity index is 1.52. The summed E-state index contributed by atoms with van der Waals surface area (Å²) in [4.78, 5) is 36.4. The lowest BCUT2D eigenvalue weighted by atomic mass is 10.1. The van der Waals surface area contributed by atoms with Crippen LogP contribution in [0.4, 0.5) is 0 Å². The smallest absolute Gasteiger partial charge is 0.283 e. The highest BCUT2D eigenvalue weighted by molar-refractivity contribution is 7.20. The van der Waals surface area contributed by atoms with Crippen molar-refractivity contribution in [2.45, 2.75) is 13.0 Å². The van der Waals surface area contributed by atoms with Gasteiger partial charge in [0.05, 0.1) is 28.0 Å². The van der Waals surface area contributed by atoms with E-state index in [0.717, 1.165) is 15.9 Å². The zero-order valence-electron chi connectivity index (χ0n) is 13.8. The predicted octanol–water partition coefficient (Wildman–Crippen LogP) is 2.50. The molecule has 26 heavy (non-hydrogen) atoms. The van der Waals surface area contributed by atoms with Gasteiger partial charge in [-0.3, -0.25) is 14.0 Å². The van der Waals surface area contributed by atoms with Crippen molar-refractivity contribution >= 4 is 33.1 Å². The molecule has 0 unspecified atom stereocenters. The number of pyridine rings is 1. The molecule has 7 heteroatoms. The Morgan fingerprint density at radius 1 is 1.08 bits per heavy atom. The first-order valence-corrected chi connectivity index (χ1v) is 9.16. The van der Waals surface area contributed by atoms with Gasteiger partial charge < -0.3 is 4.90 Å². The fraction of sp³-hybridized carbons (Fsp3) is 0.158. The van der Waals surface area contributed by atoms with Crippen molar-refractivity contribution in [3.63, 3.8) is 0 Å². The van der Waals surface area contributed by atoms with Gasteiger partial charge in [-0.05, 0) is 24.3 Å². The number of amides is 1. The molecule has 0 saturated carbocycles. The van der Waals surface area contributed by atoms with Gasteiger partial charge in [-0.2, -0.15) is 0 Å². The zero-order chi connectivity index (χ0) is 17.7. The molecular formula is C19H14N4O2S. The molecule has 5 rings (SSSR count). The molecule has 6 nitrogen and oxygen atoms in total. The Morgan fingerprint density at radius 2 is 1.92 bits per heavy atom. The number of hydrogen-bond donors (Lipinski definition) is 0. The monoisotopic (exact) mass is 362 g/mol. The highest BCUT2D eigenvalue weighted by Crippen LogP contribution is 2.24. The van der Waals surface area contributed by atoms with E-state index >= 15 is 0 Å². The number of rotatable bonds is 1. The van der Waals surface area contributed by atoms with E-state index in [0.29, 0.717) is 29.2 Å². The second kappa shape index (κ2) is 5.74. The number of fused-ring (bicyclic) bond motifs is 3. The van der Waals surface area contributed by atoms with E-state index in [1.165, 1.54) is 15.7 Å². The van der Waals surface area contributed by atoms with E-state index in [2.05, 4.69) is 9.97 Å². The fourth-order valence-electron chi connectivity index (χ4n) is 3.32. The molecular weight excluding hydrogens is 348 g/mol. The quantitative estimate of drug-likeness (QED) is 0.522. The first-order valence-electron chi connectivity index (χ1n) is 8.35. The van der Waals surface area contributed by atoms with Gasteiger partial charge in [0.2, 0.25) is 0 Å². The maximum atomic E-state index is 12.9. The molecule has 0 N–H and O–H groups in total. The number of hydrogen-bond acceptors (Lipinski definition) is 5. The van der Waals surface area contributed by atoms with Crippen molar-refractivity contribution in [2.75, 3.05) is 6.54 Å². The number of nitrogens with zero attached hydrogens (tertiary/aromatic N) is 4. The summed E-state index contributed by atoms with van der Waals surface area (Å²) in [5, 5.41) is 0.462. The van der Waals surface area contributed by atoms with E-state index in [9.17, 15) is 9.59 Å². The van der Waals surface area contributed by atoms with Crippen LogP contribution >= 0.6 is 11.3 Å². The van der Waals surface area contributed by atoms with Crippen molar-refractivity contribution in [3.05, 3.63) is 75.3 Å². The van der Waals surface area contributed by atoms with Crippen LogP contribution in [0.15, 0.2) is 53.5 Å². The van der Waals surface area contributed by atoms with Crippen molar-refractivity contribution in [2.24, 2.45) is 0 Å². The number of carbonyl (C=O) groups is 1. The molecule has 4 aromatic rings. The Hall–Kier alpha value is -3.06. The van der Waals surface area contributed by atoms with Gasteiger partial charge in [-0.1, -0.05) is 18.2 Å². The summed E-state index contributed by atoms with van der Waals surface area (Å²) < 4.78 is 2.52. The molecule has 3 aromatic heterocycles. The minimum Gasteiger partial charge on any atom is -0.332 e. The molecule has 0 fully saturated rings. The van der Waals surface area contributed by atoms with Crippen molar-refractivity contribution in [1.29, 1.82) is 0 Å². The second-order valence-corrected chi connectivity index (χ2v) is 7.27. The van der Waals surface area contributed by atoms with Crippen LogP contribution in [0.3, 0.4) is 0 Å². The molecule has 4 heterocycles. The normalized spacial score (nSPS) is 13.9. The lowest BCUT2D eigenvalue weighted by molar-refractivity contribution is 0.0732. The summed E-state index contributed by atoms with van der Waals surface area (Å²) in [5.41, 5.74) is 2.74. The van der Waals surface area contributed by atoms with Gasteiger partial charge in [0.1, 0.15) is 5.65 Å². The summed E-state index contributed by atoms with van der Waals surface area (Å²) in [5.74, 6) is -0.130. The topological polar surface area (TPSA) is 67.6 Å². The van der Waals surface area contributed by atoms with E-state index in [4.69, 9.17) is 0 Å². The van der Waals surface area contributed by atoms with Gasteiger partial charge in [0, 0.05) is 19.2 Å². The van der Waals surface area contributed by atoms with Crippen molar-refractivity contribution in [1.82, 2.24) is 19.3 Å². The van der Waals surface area contributed by atoms with E-state index in [1.54, 1.807) is 17.2 Å². The molecule has 0 radical (unpaired) electrons. The van der Waals surface area contributed by atoms with Gasteiger partial charge in [-0.15, -0.1) is 11.3 Å². The van der Waals surface area contributed by atoms with Crippen LogP contribution in [0.25, 0.3) is 15.9 Å². The Kier molecular flexibility index (Phi) is 3.36. The number of aromatic nitrogens is 3. The number of para-hydroxylation sites is 1. The summed E-state index contributed by atoms with van der Waals surface area (Å²) >= 11 is 1.39. The third kappa shape index (κ3) is 2.32. The maximum Gasteiger partial charge on any atom is 0.283 e. The minimum atomic E-state index is -0.130. The van der Waals surface area contributed by atoms with Gasteiger partial charge in [-0.25, -0.2) is 9.97 Å². The highest BCUT2D eigenvalue weighted by Gasteiger charge is 2.27. The van der Waals surface area contributed by atoms with Crippen LogP contribution in [-0.2, 0) is 13.0 Å². The maximum absolute atomic E-state index is 12.9. The molecule has 0 saturated heterocycles. The molecule has 0 aliphatic carbocycles. The van der Waals surface area contributed by atoms with Gasteiger partial charge in [0.15, 0.2) is 5.01 Å². The predicted molar refractivity (Wildman–Crippen MR) is 99.5 cm³/mol. The van der Waals surface area contributed by atoms with Crippen molar-refractivity contribution in [3.8, 4) is 0 Å². The molecule has 1 aliphatic rings. The molecule has 0 atom stereocenters. The summed E-state index contributed by atoms with van der Waals surface area (Å²) in [6.45, 7) is 0.810. The summed E-state index contributed by atoms with van der Waals surface area (Å²) in [7, 11) is 0. The van der Waals surface area contributed by atoms with Gasteiger partial charge in [0.25, 0.3) is 11.5 Å². The van der Waals surface area contributed by atoms with Crippen LogP contribution in [0, 0.1) is 0 Å². The van der Waals surface area contributed by atoms with Crippen LogP contribution in [0.1, 0.15) is 21.1 Å². The third-order valence-corrected chi connectivity index (χ3v) is 5.67. The molecule has 1 aliphatic heterocycles. The molecule has 128 valence electrons. The van der Waals surface area contributed by atoms with Crippen LogP contribution in [0.2, 0.25) is 0 Å². The van der Waals surface area contributed by atoms with E-state index < -0.39 is 0 Å². The Labute approximate surface area is 152 Å². The number of carbonyl (C=O) groups excluding carboxylic acids is 1. The summed E-state index contributed by atoms with van der Waals surface area (Å²) in [6, 6.07) is 13.2. The van der Waals surface area contributed by atoms with Crippen LogP contribution in [0.5, 0.6) is 0 Å². The van der Waals surface area contributed by atoms with Gasteiger partial charge >= 0.3 is 0 Å². The standard InChI is InChI=1S/C19H14N4O2S/c24-18-12-11-22(10-8-13(12)20-16-7-3-4-9-23(16)18)19(25)17-21-14-5-1-2-6-15(14)26-17/h1-7,9H,8,10-11H2. The minimum absolute atomic E-state index is 0.104. The first kappa shape index (κ1) is 15.2. The SMILES string of the molecule is O=C(c1nc2ccccc2s1)N1CCc2nc3ccccn3c(=O)c2C1. The zero-order valence-corrected chi connectivity index (χ0v) is 14.6. The lowest BCUT2D eigenvalue weighted by Gasteiger charge is -2.27. The largest absolute Gasteiger partial charge is 0.332 e. The third-order valence-electron chi connectivity index (χ3n) is 4.64. The lowest BCUT2D eigenvalue weighted by Crippen LogP contribution is -2.40. The molecule has 1 amide bonds. The average molecular weight is 362 g/mol. The highest BCUT2D eigenvalue weighted by atomic mass is 32.1. The average Bonchev–Trinajstić information content (AvgIpc) is 3.12. The van der Waals surface area contributed by atoms with E-state index in [1.807, 2.05) is 36.4 Å².